The Balaban J connectivity index is 2.26. The molecule has 0 saturated heterocycles. The maximum Gasteiger partial charge on any atom is 0.0621 e. The molecule has 0 bridgehead atoms. The summed E-state index contributed by atoms with van der Waals surface area (Å²) in [5, 5.41) is 8.61. The van der Waals surface area contributed by atoms with Gasteiger partial charge in [-0.3, -0.25) is 0 Å². The van der Waals surface area contributed by atoms with Gasteiger partial charge in [-0.15, -0.1) is 0 Å². The average molecular weight is 235 g/mol. The first kappa shape index (κ1) is 14.6. The van der Waals surface area contributed by atoms with E-state index in [1.165, 1.54) is 38.5 Å². The Bertz CT molecular complexity index is 238. The number of nitriles is 1. The molecule has 1 heteroatoms. The van der Waals surface area contributed by atoms with Crippen LogP contribution in [-0.4, -0.2) is 0 Å². The zero-order valence-corrected chi connectivity index (χ0v) is 11.9. The van der Waals surface area contributed by atoms with Gasteiger partial charge in [0.1, 0.15) is 0 Å². The second kappa shape index (κ2) is 7.75. The second-order valence-corrected chi connectivity index (χ2v) is 6.57. The molecule has 1 rings (SSSR count). The van der Waals surface area contributed by atoms with E-state index in [4.69, 9.17) is 5.26 Å². The predicted octanol–water partition coefficient (Wildman–Crippen LogP) is 5.17. The van der Waals surface area contributed by atoms with Crippen LogP contribution in [0.4, 0.5) is 0 Å². The first-order valence-corrected chi connectivity index (χ1v) is 7.48. The molecule has 1 fully saturated rings. The Morgan fingerprint density at radius 3 is 2.35 bits per heavy atom. The van der Waals surface area contributed by atoms with E-state index in [9.17, 15) is 0 Å². The predicted molar refractivity (Wildman–Crippen MR) is 73.5 cm³/mol. The van der Waals surface area contributed by atoms with Crippen LogP contribution >= 0.6 is 0 Å². The van der Waals surface area contributed by atoms with Crippen molar-refractivity contribution < 1.29 is 0 Å². The van der Waals surface area contributed by atoms with E-state index in [0.29, 0.717) is 0 Å². The van der Waals surface area contributed by atoms with E-state index in [1.807, 2.05) is 0 Å². The van der Waals surface area contributed by atoms with E-state index in [0.717, 1.165) is 36.5 Å². The van der Waals surface area contributed by atoms with Crippen LogP contribution in [0.25, 0.3) is 0 Å². The second-order valence-electron chi connectivity index (χ2n) is 6.57. The van der Waals surface area contributed by atoms with Crippen LogP contribution in [-0.2, 0) is 0 Å². The van der Waals surface area contributed by atoms with Gasteiger partial charge >= 0.3 is 0 Å². The Kier molecular flexibility index (Phi) is 6.63. The standard InChI is InChI=1S/C16H29N/c1-13(2)10-15-7-4-8-16(12-15)11-14(3)6-5-9-17/h13-16H,4-8,10-12H2,1-3H3. The van der Waals surface area contributed by atoms with Crippen LogP contribution in [0.15, 0.2) is 0 Å². The zero-order valence-electron chi connectivity index (χ0n) is 11.9. The van der Waals surface area contributed by atoms with Crippen molar-refractivity contribution in [3.63, 3.8) is 0 Å². The summed E-state index contributed by atoms with van der Waals surface area (Å²) >= 11 is 0. The number of hydrogen-bond acceptors (Lipinski definition) is 1. The molecule has 0 heterocycles. The Hall–Kier alpha value is -0.510. The van der Waals surface area contributed by atoms with Gasteiger partial charge in [-0.1, -0.05) is 40.0 Å². The summed E-state index contributed by atoms with van der Waals surface area (Å²) in [5.41, 5.74) is 0. The quantitative estimate of drug-likeness (QED) is 0.623. The molecule has 0 spiro atoms. The number of hydrogen-bond donors (Lipinski definition) is 0. The molecule has 1 aliphatic carbocycles. The highest BCUT2D eigenvalue weighted by Crippen LogP contribution is 2.36. The monoisotopic (exact) mass is 235 g/mol. The molecule has 1 nitrogen and oxygen atoms in total. The fraction of sp³-hybridized carbons (Fsp3) is 0.938. The van der Waals surface area contributed by atoms with Crippen molar-refractivity contribution in [1.29, 1.82) is 5.26 Å². The van der Waals surface area contributed by atoms with E-state index in [-0.39, 0.29) is 0 Å². The third kappa shape index (κ3) is 6.10. The normalized spacial score (nSPS) is 26.8. The minimum absolute atomic E-state index is 0.739. The molecular formula is C16H29N. The van der Waals surface area contributed by atoms with Crippen molar-refractivity contribution in [2.45, 2.75) is 72.1 Å². The van der Waals surface area contributed by atoms with Crippen molar-refractivity contribution in [2.75, 3.05) is 0 Å². The van der Waals surface area contributed by atoms with Gasteiger partial charge in [-0.25, -0.2) is 0 Å². The van der Waals surface area contributed by atoms with E-state index < -0.39 is 0 Å². The molecule has 0 aromatic heterocycles. The summed E-state index contributed by atoms with van der Waals surface area (Å²) in [6.45, 7) is 7.02. The molecule has 0 amide bonds. The lowest BCUT2D eigenvalue weighted by Gasteiger charge is -2.31. The fourth-order valence-corrected chi connectivity index (χ4v) is 3.49. The van der Waals surface area contributed by atoms with Gasteiger partial charge in [0.2, 0.25) is 0 Å². The molecule has 0 radical (unpaired) electrons. The van der Waals surface area contributed by atoms with Gasteiger partial charge < -0.3 is 0 Å². The van der Waals surface area contributed by atoms with Crippen LogP contribution in [0.1, 0.15) is 72.1 Å². The average Bonchev–Trinajstić information content (AvgIpc) is 2.26. The van der Waals surface area contributed by atoms with E-state index in [1.54, 1.807) is 0 Å². The Morgan fingerprint density at radius 2 is 1.76 bits per heavy atom. The molecule has 1 aliphatic rings. The van der Waals surface area contributed by atoms with Crippen LogP contribution < -0.4 is 0 Å². The maximum atomic E-state index is 8.61. The van der Waals surface area contributed by atoms with Gasteiger partial charge in [0.25, 0.3) is 0 Å². The van der Waals surface area contributed by atoms with Gasteiger partial charge in [0.15, 0.2) is 0 Å². The highest BCUT2D eigenvalue weighted by Gasteiger charge is 2.23. The van der Waals surface area contributed by atoms with Gasteiger partial charge in [-0.05, 0) is 49.4 Å². The molecular weight excluding hydrogens is 206 g/mol. The fourth-order valence-electron chi connectivity index (χ4n) is 3.49. The molecule has 98 valence electrons. The van der Waals surface area contributed by atoms with Crippen molar-refractivity contribution in [3.05, 3.63) is 0 Å². The van der Waals surface area contributed by atoms with Gasteiger partial charge in [0.05, 0.1) is 6.07 Å². The minimum Gasteiger partial charge on any atom is -0.198 e. The van der Waals surface area contributed by atoms with Gasteiger partial charge in [-0.2, -0.15) is 5.26 Å². The summed E-state index contributed by atoms with van der Waals surface area (Å²) < 4.78 is 0. The van der Waals surface area contributed by atoms with Crippen molar-refractivity contribution in [3.8, 4) is 6.07 Å². The maximum absolute atomic E-state index is 8.61. The third-order valence-corrected chi connectivity index (χ3v) is 4.18. The molecule has 0 aromatic carbocycles. The molecule has 3 atom stereocenters. The lowest BCUT2D eigenvalue weighted by atomic mass is 9.74. The van der Waals surface area contributed by atoms with Crippen molar-refractivity contribution in [2.24, 2.45) is 23.7 Å². The van der Waals surface area contributed by atoms with Gasteiger partial charge in [0, 0.05) is 6.42 Å². The van der Waals surface area contributed by atoms with Crippen molar-refractivity contribution in [1.82, 2.24) is 0 Å². The molecule has 3 unspecified atom stereocenters. The molecule has 0 aliphatic heterocycles. The topological polar surface area (TPSA) is 23.8 Å². The highest BCUT2D eigenvalue weighted by atomic mass is 14.3. The summed E-state index contributed by atoms with van der Waals surface area (Å²) in [7, 11) is 0. The first-order chi connectivity index (χ1) is 8.11. The molecule has 0 N–H and O–H groups in total. The smallest absolute Gasteiger partial charge is 0.0621 e. The van der Waals surface area contributed by atoms with Crippen LogP contribution in [0.2, 0.25) is 0 Å². The van der Waals surface area contributed by atoms with Crippen molar-refractivity contribution >= 4 is 0 Å². The lowest BCUT2D eigenvalue weighted by molar-refractivity contribution is 0.207. The molecule has 17 heavy (non-hydrogen) atoms. The van der Waals surface area contributed by atoms with Crippen LogP contribution in [0.5, 0.6) is 0 Å². The molecule has 0 aromatic rings. The summed E-state index contributed by atoms with van der Waals surface area (Å²) in [5.74, 6) is 3.53. The van der Waals surface area contributed by atoms with E-state index in [2.05, 4.69) is 26.8 Å². The SMILES string of the molecule is CC(C)CC1CCCC(CC(C)CCC#N)C1. The summed E-state index contributed by atoms with van der Waals surface area (Å²) in [4.78, 5) is 0. The zero-order chi connectivity index (χ0) is 12.7. The van der Waals surface area contributed by atoms with Crippen LogP contribution in [0.3, 0.4) is 0 Å². The largest absolute Gasteiger partial charge is 0.198 e. The minimum atomic E-state index is 0.739. The summed E-state index contributed by atoms with van der Waals surface area (Å²) in [6.07, 6.45) is 10.4. The van der Waals surface area contributed by atoms with E-state index >= 15 is 0 Å². The first-order valence-electron chi connectivity index (χ1n) is 7.48. The Morgan fingerprint density at radius 1 is 1.12 bits per heavy atom. The third-order valence-electron chi connectivity index (χ3n) is 4.18. The van der Waals surface area contributed by atoms with Crippen LogP contribution in [0, 0.1) is 35.0 Å². The highest BCUT2D eigenvalue weighted by molar-refractivity contribution is 4.77. The number of rotatable bonds is 6. The lowest BCUT2D eigenvalue weighted by Crippen LogP contribution is -2.19. The molecule has 1 saturated carbocycles. The number of nitrogens with zero attached hydrogens (tertiary/aromatic N) is 1. The Labute approximate surface area is 108 Å². The summed E-state index contributed by atoms with van der Waals surface area (Å²) in [6, 6.07) is 2.27.